The number of carboxylic acid groups (broad SMARTS) is 2. The van der Waals surface area contributed by atoms with Gasteiger partial charge in [-0.1, -0.05) is 33.8 Å². The molecule has 2 aliphatic carbocycles. The Balaban J connectivity index is 2.23. The molecule has 0 saturated heterocycles. The maximum absolute atomic E-state index is 11.8. The van der Waals surface area contributed by atoms with E-state index < -0.39 is 11.9 Å². The molecule has 0 unspecified atom stereocenters. The van der Waals surface area contributed by atoms with E-state index in [1.54, 1.807) is 0 Å². The van der Waals surface area contributed by atoms with Gasteiger partial charge in [0.1, 0.15) is 0 Å². The summed E-state index contributed by atoms with van der Waals surface area (Å²) in [7, 11) is 0. The molecule has 4 nitrogen and oxygen atoms in total. The number of carbonyl (C=O) groups is 2. The highest BCUT2D eigenvalue weighted by Gasteiger charge is 2.55. The first kappa shape index (κ1) is 19.0. The van der Waals surface area contributed by atoms with Crippen LogP contribution in [0.25, 0.3) is 0 Å². The maximum Gasteiger partial charge on any atom is 0.331 e. The molecule has 24 heavy (non-hydrogen) atoms. The smallest absolute Gasteiger partial charge is 0.331 e. The van der Waals surface area contributed by atoms with E-state index in [4.69, 9.17) is 5.11 Å². The van der Waals surface area contributed by atoms with Gasteiger partial charge in [0.25, 0.3) is 0 Å². The zero-order chi connectivity index (χ0) is 18.1. The lowest BCUT2D eigenvalue weighted by molar-refractivity contribution is -0.139. The third-order valence-electron chi connectivity index (χ3n) is 7.14. The largest absolute Gasteiger partial charge is 0.481 e. The molecular weight excluding hydrogens is 304 g/mol. The Morgan fingerprint density at radius 1 is 1.29 bits per heavy atom. The van der Waals surface area contributed by atoms with Crippen molar-refractivity contribution < 1.29 is 19.8 Å². The van der Waals surface area contributed by atoms with Gasteiger partial charge in [0.15, 0.2) is 0 Å². The number of carboxylic acids is 2. The molecule has 0 aliphatic heterocycles. The van der Waals surface area contributed by atoms with Crippen LogP contribution < -0.4 is 0 Å². The van der Waals surface area contributed by atoms with Crippen LogP contribution in [0.5, 0.6) is 0 Å². The summed E-state index contributed by atoms with van der Waals surface area (Å²) in [5.74, 6) is -0.429. The van der Waals surface area contributed by atoms with E-state index in [9.17, 15) is 14.7 Å². The molecular formula is C20H32O4. The lowest BCUT2D eigenvalue weighted by atomic mass is 9.46. The van der Waals surface area contributed by atoms with Gasteiger partial charge in [-0.3, -0.25) is 4.79 Å². The third-order valence-corrected chi connectivity index (χ3v) is 7.14. The quantitative estimate of drug-likeness (QED) is 0.734. The van der Waals surface area contributed by atoms with Crippen LogP contribution in [-0.2, 0) is 9.59 Å². The van der Waals surface area contributed by atoms with Crippen LogP contribution in [0.2, 0.25) is 0 Å². The third kappa shape index (κ3) is 3.38. The molecule has 0 radical (unpaired) electrons. The van der Waals surface area contributed by atoms with Crippen molar-refractivity contribution >= 4 is 11.9 Å². The minimum atomic E-state index is -0.765. The molecule has 0 bridgehead atoms. The monoisotopic (exact) mass is 336 g/mol. The molecule has 0 amide bonds. The van der Waals surface area contributed by atoms with E-state index in [1.165, 1.54) is 0 Å². The van der Waals surface area contributed by atoms with Crippen LogP contribution >= 0.6 is 0 Å². The van der Waals surface area contributed by atoms with Crippen molar-refractivity contribution in [2.45, 2.75) is 72.6 Å². The highest BCUT2D eigenvalue weighted by molar-refractivity contribution is 5.88. The molecule has 1 saturated carbocycles. The van der Waals surface area contributed by atoms with Gasteiger partial charge in [0.2, 0.25) is 0 Å². The van der Waals surface area contributed by atoms with E-state index in [-0.39, 0.29) is 23.2 Å². The Bertz CT molecular complexity index is 538. The molecule has 0 aromatic heterocycles. The van der Waals surface area contributed by atoms with Crippen LogP contribution in [0.15, 0.2) is 11.6 Å². The molecule has 2 N–H and O–H groups in total. The summed E-state index contributed by atoms with van der Waals surface area (Å²) in [6.07, 6.45) is 7.89. The van der Waals surface area contributed by atoms with Gasteiger partial charge >= 0.3 is 11.9 Å². The number of hydrogen-bond donors (Lipinski definition) is 2. The average molecular weight is 336 g/mol. The Morgan fingerprint density at radius 2 is 1.96 bits per heavy atom. The lowest BCUT2D eigenvalue weighted by Gasteiger charge is -2.57. The molecule has 2 rings (SSSR count). The topological polar surface area (TPSA) is 74.6 Å². The van der Waals surface area contributed by atoms with Crippen molar-refractivity contribution in [3.63, 3.8) is 0 Å². The van der Waals surface area contributed by atoms with Gasteiger partial charge in [-0.15, -0.1) is 0 Å². The van der Waals surface area contributed by atoms with Crippen molar-refractivity contribution in [1.29, 1.82) is 0 Å². The van der Waals surface area contributed by atoms with Crippen molar-refractivity contribution in [3.05, 3.63) is 11.6 Å². The van der Waals surface area contributed by atoms with Crippen molar-refractivity contribution in [2.75, 3.05) is 0 Å². The summed E-state index contributed by atoms with van der Waals surface area (Å²) >= 11 is 0. The first-order chi connectivity index (χ1) is 11.1. The van der Waals surface area contributed by atoms with Crippen LogP contribution in [0.1, 0.15) is 72.6 Å². The van der Waals surface area contributed by atoms with Crippen molar-refractivity contribution in [1.82, 2.24) is 0 Å². The van der Waals surface area contributed by atoms with Crippen LogP contribution in [0.4, 0.5) is 0 Å². The number of aliphatic carboxylic acids is 2. The highest BCUT2D eigenvalue weighted by Crippen LogP contribution is 2.62. The first-order valence-electron chi connectivity index (χ1n) is 9.27. The fourth-order valence-corrected chi connectivity index (χ4v) is 5.40. The number of fused-ring (bicyclic) bond motifs is 1. The predicted molar refractivity (Wildman–Crippen MR) is 93.7 cm³/mol. The van der Waals surface area contributed by atoms with E-state index in [2.05, 4.69) is 20.8 Å². The molecule has 0 aromatic rings. The summed E-state index contributed by atoms with van der Waals surface area (Å²) in [6, 6.07) is 0. The Morgan fingerprint density at radius 3 is 2.54 bits per heavy atom. The second kappa shape index (κ2) is 6.89. The summed E-state index contributed by atoms with van der Waals surface area (Å²) in [5.41, 5.74) is 0.436. The maximum atomic E-state index is 11.8. The van der Waals surface area contributed by atoms with Crippen LogP contribution in [0.3, 0.4) is 0 Å². The standard InChI is InChI=1S/C20H32O4/c1-13(12-17(21)22)8-10-19(3)14(2)9-11-20(4)15(18(23)24)6-5-7-16(19)20/h6,13-14,16H,5,7-12H2,1-4H3,(H,21,22)(H,23,24)/t13-,14+,16+,19-,20-/m0/s1. The summed E-state index contributed by atoms with van der Waals surface area (Å²) < 4.78 is 0. The van der Waals surface area contributed by atoms with E-state index in [1.807, 2.05) is 13.0 Å². The molecule has 0 aromatic carbocycles. The molecule has 0 heterocycles. The number of rotatable bonds is 6. The number of hydrogen-bond acceptors (Lipinski definition) is 2. The highest BCUT2D eigenvalue weighted by atomic mass is 16.4. The minimum Gasteiger partial charge on any atom is -0.481 e. The Kier molecular flexibility index (Phi) is 5.46. The zero-order valence-electron chi connectivity index (χ0n) is 15.5. The molecule has 0 spiro atoms. The van der Waals surface area contributed by atoms with Crippen molar-refractivity contribution in [3.8, 4) is 0 Å². The van der Waals surface area contributed by atoms with Gasteiger partial charge in [0, 0.05) is 17.4 Å². The van der Waals surface area contributed by atoms with Gasteiger partial charge in [-0.25, -0.2) is 4.79 Å². The zero-order valence-corrected chi connectivity index (χ0v) is 15.5. The summed E-state index contributed by atoms with van der Waals surface area (Å²) in [5, 5.41) is 18.7. The Hall–Kier alpha value is -1.32. The van der Waals surface area contributed by atoms with Crippen molar-refractivity contribution in [2.24, 2.45) is 28.6 Å². The molecule has 2 aliphatic rings. The lowest BCUT2D eigenvalue weighted by Crippen LogP contribution is -2.51. The summed E-state index contributed by atoms with van der Waals surface area (Å²) in [4.78, 5) is 22.7. The molecule has 5 atom stereocenters. The second-order valence-corrected chi connectivity index (χ2v) is 8.66. The van der Waals surface area contributed by atoms with Gasteiger partial charge in [-0.05, 0) is 61.7 Å². The van der Waals surface area contributed by atoms with Crippen LogP contribution in [-0.4, -0.2) is 22.2 Å². The normalized spacial score (nSPS) is 37.2. The average Bonchev–Trinajstić information content (AvgIpc) is 2.48. The minimum absolute atomic E-state index is 0.0781. The fourth-order valence-electron chi connectivity index (χ4n) is 5.40. The summed E-state index contributed by atoms with van der Waals surface area (Å²) in [6.45, 7) is 8.76. The Labute approximate surface area is 145 Å². The van der Waals surface area contributed by atoms with Crippen LogP contribution in [0, 0.1) is 28.6 Å². The fraction of sp³-hybridized carbons (Fsp3) is 0.800. The SMILES string of the molecule is C[C@@H](CC[C@@]1(C)[C@H](C)CC[C@@]2(C)C(C(=O)O)=CCC[C@H]12)CC(=O)O. The number of allylic oxidation sites excluding steroid dienone is 1. The second-order valence-electron chi connectivity index (χ2n) is 8.66. The van der Waals surface area contributed by atoms with E-state index in [0.29, 0.717) is 17.4 Å². The molecule has 136 valence electrons. The van der Waals surface area contributed by atoms with E-state index >= 15 is 0 Å². The first-order valence-corrected chi connectivity index (χ1v) is 9.27. The van der Waals surface area contributed by atoms with Gasteiger partial charge < -0.3 is 10.2 Å². The predicted octanol–water partition coefficient (Wildman–Crippen LogP) is 4.74. The molecule has 4 heteroatoms. The van der Waals surface area contributed by atoms with E-state index in [0.717, 1.165) is 38.5 Å². The van der Waals surface area contributed by atoms with Gasteiger partial charge in [0.05, 0.1) is 0 Å². The van der Waals surface area contributed by atoms with Gasteiger partial charge in [-0.2, -0.15) is 0 Å². The molecule has 1 fully saturated rings.